The van der Waals surface area contributed by atoms with Gasteiger partial charge in [-0.25, -0.2) is 19.7 Å². The number of amides is 1. The molecule has 2 atom stereocenters. The number of thiazole rings is 1. The molecule has 1 amide bonds. The number of carbonyl (C=O) groups is 2. The quantitative estimate of drug-likeness (QED) is 0.0529. The third-order valence-electron chi connectivity index (χ3n) is 13.3. The van der Waals surface area contributed by atoms with E-state index in [0.29, 0.717) is 74.2 Å². The van der Waals surface area contributed by atoms with Gasteiger partial charge in [-0.3, -0.25) is 19.4 Å². The second-order valence-electron chi connectivity index (χ2n) is 18.8. The van der Waals surface area contributed by atoms with E-state index in [1.54, 1.807) is 12.4 Å². The molecule has 2 unspecified atom stereocenters. The standard InChI is InChI=1S/C44H53N8O7PS/c1-28-32(19-47-52(28)27-43-22-41(2)21-42(3,23-43)25-44(24-41,26-43)59-17-15-45-13-6-18-60(56,57)58)30-10-11-35(49-36(30)39(54)55)51-16-12-29-7-4-8-31(33(29)20-51)37(53)50-40-48-34-9-5-14-46-38(34)61-40/h4-5,7-11,14,19,45H,6,12-13,15-18,20-27H2,1-3H3,(H,54,55)(H,48,50,53)(H2,56,57,58). The minimum Gasteiger partial charge on any atom is -0.476 e. The predicted octanol–water partition coefficient (Wildman–Crippen LogP) is 7.06. The maximum atomic E-state index is 13.6. The Morgan fingerprint density at radius 3 is 2.52 bits per heavy atom. The third-order valence-corrected chi connectivity index (χ3v) is 15.1. The molecule has 17 heteroatoms. The smallest absolute Gasteiger partial charge is 0.355 e. The normalized spacial score (nSPS) is 25.6. The fraction of sp³-hybridized carbons (Fsp3) is 0.500. The number of rotatable bonds is 15. The molecular formula is C44H53N8O7PS. The van der Waals surface area contributed by atoms with E-state index in [1.807, 2.05) is 54.3 Å². The number of ether oxygens (including phenoxy) is 1. The summed E-state index contributed by atoms with van der Waals surface area (Å²) < 4.78 is 20.1. The fourth-order valence-electron chi connectivity index (χ4n) is 12.2. The molecule has 4 bridgehead atoms. The highest BCUT2D eigenvalue weighted by atomic mass is 32.1. The molecule has 4 aromatic heterocycles. The summed E-state index contributed by atoms with van der Waals surface area (Å²) >= 11 is 1.32. The van der Waals surface area contributed by atoms with Gasteiger partial charge in [-0.15, -0.1) is 0 Å². The lowest BCUT2D eigenvalue weighted by atomic mass is 9.39. The van der Waals surface area contributed by atoms with Crippen molar-refractivity contribution in [2.75, 3.05) is 42.6 Å². The Bertz CT molecular complexity index is 2520. The molecule has 10 rings (SSSR count). The number of fused-ring (bicyclic) bond motifs is 2. The first-order valence-corrected chi connectivity index (χ1v) is 23.7. The molecule has 61 heavy (non-hydrogen) atoms. The van der Waals surface area contributed by atoms with Gasteiger partial charge in [0.05, 0.1) is 24.6 Å². The molecule has 1 aliphatic heterocycles. The van der Waals surface area contributed by atoms with Crippen molar-refractivity contribution in [2.24, 2.45) is 16.2 Å². The van der Waals surface area contributed by atoms with Crippen molar-refractivity contribution in [1.82, 2.24) is 30.0 Å². The zero-order valence-corrected chi connectivity index (χ0v) is 36.5. The maximum Gasteiger partial charge on any atom is 0.355 e. The minimum absolute atomic E-state index is 0.0349. The van der Waals surface area contributed by atoms with Crippen LogP contribution in [0, 0.1) is 23.2 Å². The molecule has 5 aromatic rings. The average molecular weight is 869 g/mol. The summed E-state index contributed by atoms with van der Waals surface area (Å²) in [4.78, 5) is 61.2. The molecule has 0 saturated heterocycles. The summed E-state index contributed by atoms with van der Waals surface area (Å²) in [5, 5.41) is 22.2. The molecule has 4 fully saturated rings. The van der Waals surface area contributed by atoms with Crippen LogP contribution in [0.25, 0.3) is 21.5 Å². The molecule has 15 nitrogen and oxygen atoms in total. The van der Waals surface area contributed by atoms with Crippen molar-refractivity contribution >= 4 is 52.1 Å². The van der Waals surface area contributed by atoms with Crippen molar-refractivity contribution in [2.45, 2.75) is 90.8 Å². The molecule has 5 heterocycles. The predicted molar refractivity (Wildman–Crippen MR) is 233 cm³/mol. The molecular weight excluding hydrogens is 816 g/mol. The number of hydrogen-bond acceptors (Lipinski definition) is 11. The average Bonchev–Trinajstić information content (AvgIpc) is 3.76. The van der Waals surface area contributed by atoms with Crippen molar-refractivity contribution in [3.63, 3.8) is 0 Å². The van der Waals surface area contributed by atoms with Crippen LogP contribution in [0.2, 0.25) is 0 Å². The topological polar surface area (TPSA) is 205 Å². The van der Waals surface area contributed by atoms with Crippen LogP contribution in [0.15, 0.2) is 54.9 Å². The Morgan fingerprint density at radius 1 is 0.967 bits per heavy atom. The first-order valence-electron chi connectivity index (χ1n) is 21.1. The van der Waals surface area contributed by atoms with Gasteiger partial charge in [0, 0.05) is 54.8 Å². The van der Waals surface area contributed by atoms with Crippen molar-refractivity contribution in [3.05, 3.63) is 82.9 Å². The van der Waals surface area contributed by atoms with Gasteiger partial charge in [-0.1, -0.05) is 37.3 Å². The van der Waals surface area contributed by atoms with Gasteiger partial charge in [0.15, 0.2) is 10.8 Å². The number of aromatic carboxylic acids is 1. The van der Waals surface area contributed by atoms with Gasteiger partial charge in [0.2, 0.25) is 0 Å². The van der Waals surface area contributed by atoms with E-state index in [1.165, 1.54) is 11.3 Å². The first kappa shape index (κ1) is 41.8. The van der Waals surface area contributed by atoms with E-state index in [4.69, 9.17) is 24.6 Å². The fourth-order valence-corrected chi connectivity index (χ4v) is 13.6. The molecule has 4 aliphatic carbocycles. The van der Waals surface area contributed by atoms with Crippen LogP contribution in [-0.2, 0) is 28.8 Å². The van der Waals surface area contributed by atoms with Crippen molar-refractivity contribution in [1.29, 1.82) is 0 Å². The highest BCUT2D eigenvalue weighted by Crippen LogP contribution is 2.72. The lowest BCUT2D eigenvalue weighted by Gasteiger charge is -2.69. The number of carboxylic acids is 1. The van der Waals surface area contributed by atoms with Crippen LogP contribution in [0.1, 0.15) is 96.5 Å². The molecule has 0 radical (unpaired) electrons. The molecule has 4 saturated carbocycles. The SMILES string of the molecule is Cc1c(-c2ccc(N3CCc4cccc(C(=O)Nc5nc6cccnc6s5)c4C3)nc2C(=O)O)cnn1CC12CC3(C)CC(C)(C1)CC(OCCNCCCP(=O)(O)O)(C3)C2. The number of carboxylic acid groups (broad SMARTS) is 1. The van der Waals surface area contributed by atoms with Crippen molar-refractivity contribution < 1.29 is 33.8 Å². The van der Waals surface area contributed by atoms with Gasteiger partial charge >= 0.3 is 13.6 Å². The zero-order valence-electron chi connectivity index (χ0n) is 34.8. The van der Waals surface area contributed by atoms with E-state index >= 15 is 0 Å². The van der Waals surface area contributed by atoms with Crippen LogP contribution in [0.3, 0.4) is 0 Å². The lowest BCUT2D eigenvalue weighted by Crippen LogP contribution is -2.64. The molecule has 322 valence electrons. The van der Waals surface area contributed by atoms with Crippen LogP contribution in [-0.4, -0.2) is 89.5 Å². The summed E-state index contributed by atoms with van der Waals surface area (Å²) in [6.07, 6.45) is 10.7. The second-order valence-corrected chi connectivity index (χ2v) is 21.5. The molecule has 5 N–H and O–H groups in total. The lowest BCUT2D eigenvalue weighted by molar-refractivity contribution is -0.247. The number of benzene rings is 1. The van der Waals surface area contributed by atoms with Gasteiger partial charge in [-0.05, 0) is 123 Å². The van der Waals surface area contributed by atoms with Crippen LogP contribution in [0.5, 0.6) is 0 Å². The first-order chi connectivity index (χ1) is 29.0. The van der Waals surface area contributed by atoms with E-state index in [9.17, 15) is 19.3 Å². The maximum absolute atomic E-state index is 13.6. The Kier molecular flexibility index (Phi) is 10.7. The third kappa shape index (κ3) is 8.50. The van der Waals surface area contributed by atoms with Gasteiger partial charge in [0.1, 0.15) is 16.2 Å². The largest absolute Gasteiger partial charge is 0.476 e. The Morgan fingerprint density at radius 2 is 1.77 bits per heavy atom. The number of carbonyl (C=O) groups excluding carboxylic acids is 1. The highest BCUT2D eigenvalue weighted by Gasteiger charge is 2.66. The number of aromatic nitrogens is 5. The van der Waals surface area contributed by atoms with Crippen LogP contribution < -0.4 is 15.5 Å². The number of nitrogens with one attached hydrogen (secondary N) is 2. The number of hydrogen-bond donors (Lipinski definition) is 5. The number of nitrogens with zero attached hydrogens (tertiary/aromatic N) is 6. The van der Waals surface area contributed by atoms with Crippen LogP contribution >= 0.6 is 18.9 Å². The molecule has 5 aliphatic rings. The number of anilines is 2. The van der Waals surface area contributed by atoms with E-state index in [2.05, 4.69) is 39.1 Å². The van der Waals surface area contributed by atoms with Gasteiger partial charge in [-0.2, -0.15) is 5.10 Å². The van der Waals surface area contributed by atoms with E-state index in [-0.39, 0.29) is 39.6 Å². The minimum atomic E-state index is -3.99. The zero-order chi connectivity index (χ0) is 42.8. The highest BCUT2D eigenvalue weighted by molar-refractivity contribution is 7.51. The van der Waals surface area contributed by atoms with E-state index in [0.717, 1.165) is 71.3 Å². The Hall–Kier alpha value is -4.57. The Balaban J connectivity index is 0.911. The van der Waals surface area contributed by atoms with Gasteiger partial charge < -0.3 is 29.8 Å². The summed E-state index contributed by atoms with van der Waals surface area (Å²) in [6.45, 7) is 10.2. The van der Waals surface area contributed by atoms with Gasteiger partial charge in [0.25, 0.3) is 5.91 Å². The van der Waals surface area contributed by atoms with E-state index < -0.39 is 13.6 Å². The second kappa shape index (κ2) is 15.7. The summed E-state index contributed by atoms with van der Waals surface area (Å²) in [7, 11) is -3.99. The summed E-state index contributed by atoms with van der Waals surface area (Å²) in [5.41, 5.74) is 5.29. The van der Waals surface area contributed by atoms with Crippen molar-refractivity contribution in [3.8, 4) is 11.1 Å². The Labute approximate surface area is 358 Å². The monoisotopic (exact) mass is 868 g/mol. The summed E-state index contributed by atoms with van der Waals surface area (Å²) in [5.74, 6) is -0.854. The summed E-state index contributed by atoms with van der Waals surface area (Å²) in [6, 6.07) is 13.1. The molecule has 0 spiro atoms. The van der Waals surface area contributed by atoms with Crippen LogP contribution in [0.4, 0.5) is 10.9 Å². The number of pyridine rings is 2. The molecule has 1 aromatic carbocycles.